The highest BCUT2D eigenvalue weighted by Gasteiger charge is 2.21. The van der Waals surface area contributed by atoms with Crippen LogP contribution in [0.25, 0.3) is 16.7 Å². The summed E-state index contributed by atoms with van der Waals surface area (Å²) in [5.74, 6) is -0.249. The molecule has 4 aromatic rings. The van der Waals surface area contributed by atoms with Crippen molar-refractivity contribution < 1.29 is 9.53 Å². The summed E-state index contributed by atoms with van der Waals surface area (Å²) < 4.78 is 8.85. The smallest absolute Gasteiger partial charge is 0.272 e. The highest BCUT2D eigenvalue weighted by Crippen LogP contribution is 2.24. The van der Waals surface area contributed by atoms with Gasteiger partial charge in [-0.15, -0.1) is 0 Å². The summed E-state index contributed by atoms with van der Waals surface area (Å²) in [6.07, 6.45) is 5.92. The van der Waals surface area contributed by atoms with Crippen LogP contribution in [0.15, 0.2) is 59.5 Å². The van der Waals surface area contributed by atoms with E-state index in [-0.39, 0.29) is 11.5 Å². The van der Waals surface area contributed by atoms with Crippen molar-refractivity contribution in [3.8, 4) is 0 Å². The highest BCUT2D eigenvalue weighted by molar-refractivity contribution is 6.06. The van der Waals surface area contributed by atoms with Gasteiger partial charge in [-0.25, -0.2) is 4.98 Å². The van der Waals surface area contributed by atoms with Crippen molar-refractivity contribution in [2.24, 2.45) is 0 Å². The van der Waals surface area contributed by atoms with Crippen molar-refractivity contribution in [2.75, 3.05) is 30.4 Å². The minimum atomic E-state index is -0.249. The number of hydrogen-bond acceptors (Lipinski definition) is 5. The Morgan fingerprint density at radius 2 is 1.91 bits per heavy atom. The zero-order valence-electron chi connectivity index (χ0n) is 20.2. The Labute approximate surface area is 204 Å². The molecule has 4 heterocycles. The Balaban J connectivity index is 1.41. The number of carbonyl (C=O) groups excluding carboxylic acids is 1. The van der Waals surface area contributed by atoms with Crippen molar-refractivity contribution in [1.82, 2.24) is 14.0 Å². The Morgan fingerprint density at radius 3 is 2.63 bits per heavy atom. The van der Waals surface area contributed by atoms with Gasteiger partial charge in [0.1, 0.15) is 17.0 Å². The maximum Gasteiger partial charge on any atom is 0.272 e. The minimum absolute atomic E-state index is 0.170. The molecular formula is C27H31N5O3. The molecule has 35 heavy (non-hydrogen) atoms. The molecule has 0 unspecified atom stereocenters. The van der Waals surface area contributed by atoms with Gasteiger partial charge >= 0.3 is 0 Å². The predicted molar refractivity (Wildman–Crippen MR) is 139 cm³/mol. The average Bonchev–Trinajstić information content (AvgIpc) is 3.27. The van der Waals surface area contributed by atoms with E-state index in [0.29, 0.717) is 40.7 Å². The molecule has 1 N–H and O–H groups in total. The van der Waals surface area contributed by atoms with Gasteiger partial charge < -0.3 is 19.5 Å². The number of amides is 1. The van der Waals surface area contributed by atoms with Gasteiger partial charge in [0.15, 0.2) is 0 Å². The van der Waals surface area contributed by atoms with Crippen LogP contribution in [0.4, 0.5) is 11.4 Å². The fourth-order valence-electron chi connectivity index (χ4n) is 4.78. The molecule has 0 spiro atoms. The van der Waals surface area contributed by atoms with E-state index < -0.39 is 0 Å². The standard InChI is InChI=1S/C27H31N5O3/c1-3-4-14-31-23(18-22-25(31)29-24-7-5-6-15-32(24)27(22)34)26(33)28-19-8-10-20(11-9-19)30-16-12-21(35-2)13-17-30/h5-11,15,18,21H,3-4,12-14,16-17H2,1-2H3,(H,28,33). The number of methoxy groups -OCH3 is 1. The van der Waals surface area contributed by atoms with Crippen molar-refractivity contribution in [2.45, 2.75) is 45.3 Å². The van der Waals surface area contributed by atoms with Crippen molar-refractivity contribution >= 4 is 34.0 Å². The lowest BCUT2D eigenvalue weighted by atomic mass is 10.1. The van der Waals surface area contributed by atoms with Gasteiger partial charge in [-0.3, -0.25) is 14.0 Å². The number of piperidine rings is 1. The molecule has 1 aliphatic rings. The molecule has 1 amide bonds. The van der Waals surface area contributed by atoms with Gasteiger partial charge in [0.05, 0.1) is 11.5 Å². The first-order chi connectivity index (χ1) is 17.1. The van der Waals surface area contributed by atoms with Crippen LogP contribution < -0.4 is 15.8 Å². The lowest BCUT2D eigenvalue weighted by Gasteiger charge is -2.33. The molecule has 3 aromatic heterocycles. The molecule has 0 saturated carbocycles. The van der Waals surface area contributed by atoms with Crippen LogP contribution in [0.2, 0.25) is 0 Å². The van der Waals surface area contributed by atoms with Gasteiger partial charge in [0.25, 0.3) is 11.5 Å². The lowest BCUT2D eigenvalue weighted by molar-refractivity contribution is 0.0819. The van der Waals surface area contributed by atoms with E-state index in [1.807, 2.05) is 34.9 Å². The normalized spacial score (nSPS) is 14.6. The molecular weight excluding hydrogens is 442 g/mol. The van der Waals surface area contributed by atoms with Crippen molar-refractivity contribution in [3.63, 3.8) is 0 Å². The van der Waals surface area contributed by atoms with Gasteiger partial charge in [0, 0.05) is 44.3 Å². The molecule has 182 valence electrons. The zero-order chi connectivity index (χ0) is 24.4. The number of benzene rings is 1. The SMILES string of the molecule is CCCCn1c(C(=O)Nc2ccc(N3CCC(OC)CC3)cc2)cc2c(=O)n3ccccc3nc21. The molecule has 1 fully saturated rings. The number of hydrogen-bond donors (Lipinski definition) is 1. The Hall–Kier alpha value is -3.65. The molecule has 1 aliphatic heterocycles. The molecule has 1 saturated heterocycles. The Morgan fingerprint density at radius 1 is 1.14 bits per heavy atom. The van der Waals surface area contributed by atoms with Gasteiger partial charge in [-0.1, -0.05) is 19.4 Å². The molecule has 0 atom stereocenters. The number of anilines is 2. The summed E-state index contributed by atoms with van der Waals surface area (Å²) in [5.41, 5.74) is 3.25. The third kappa shape index (κ3) is 4.53. The number of unbranched alkanes of at least 4 members (excludes halogenated alkanes) is 1. The van der Waals surface area contributed by atoms with E-state index in [1.165, 1.54) is 4.40 Å². The van der Waals surface area contributed by atoms with E-state index in [1.54, 1.807) is 31.5 Å². The lowest BCUT2D eigenvalue weighted by Crippen LogP contribution is -2.36. The van der Waals surface area contributed by atoms with E-state index >= 15 is 0 Å². The molecule has 5 rings (SSSR count). The number of fused-ring (bicyclic) bond motifs is 2. The van der Waals surface area contributed by atoms with Crippen LogP contribution in [0, 0.1) is 0 Å². The largest absolute Gasteiger partial charge is 0.381 e. The van der Waals surface area contributed by atoms with Crippen LogP contribution in [0.1, 0.15) is 43.1 Å². The number of pyridine rings is 1. The molecule has 1 aromatic carbocycles. The van der Waals surface area contributed by atoms with Crippen LogP contribution in [0.5, 0.6) is 0 Å². The topological polar surface area (TPSA) is 80.9 Å². The molecule has 8 nitrogen and oxygen atoms in total. The second-order valence-corrected chi connectivity index (χ2v) is 9.04. The summed E-state index contributed by atoms with van der Waals surface area (Å²) in [4.78, 5) is 33.5. The Kier molecular flexibility index (Phi) is 6.55. The van der Waals surface area contributed by atoms with E-state index in [4.69, 9.17) is 9.72 Å². The summed E-state index contributed by atoms with van der Waals surface area (Å²) in [5, 5.41) is 3.46. The van der Waals surface area contributed by atoms with Crippen LogP contribution in [-0.4, -0.2) is 46.2 Å². The quantitative estimate of drug-likeness (QED) is 0.432. The number of carbonyl (C=O) groups is 1. The first-order valence-electron chi connectivity index (χ1n) is 12.3. The molecule has 8 heteroatoms. The maximum atomic E-state index is 13.3. The monoisotopic (exact) mass is 473 g/mol. The molecule has 0 radical (unpaired) electrons. The highest BCUT2D eigenvalue weighted by atomic mass is 16.5. The third-order valence-electron chi connectivity index (χ3n) is 6.81. The molecule has 0 bridgehead atoms. The zero-order valence-corrected chi connectivity index (χ0v) is 20.2. The summed E-state index contributed by atoms with van der Waals surface area (Å²) in [6, 6.07) is 15.1. The number of nitrogens with zero attached hydrogens (tertiary/aromatic N) is 4. The van der Waals surface area contributed by atoms with E-state index in [9.17, 15) is 9.59 Å². The van der Waals surface area contributed by atoms with E-state index in [0.717, 1.165) is 44.5 Å². The maximum absolute atomic E-state index is 13.3. The van der Waals surface area contributed by atoms with Gasteiger partial charge in [-0.05, 0) is 61.7 Å². The number of aromatic nitrogens is 3. The number of ether oxygens (including phenoxy) is 1. The van der Waals surface area contributed by atoms with E-state index in [2.05, 4.69) is 17.1 Å². The summed E-state index contributed by atoms with van der Waals surface area (Å²) >= 11 is 0. The van der Waals surface area contributed by atoms with Gasteiger partial charge in [-0.2, -0.15) is 0 Å². The number of nitrogens with one attached hydrogen (secondary N) is 1. The average molecular weight is 474 g/mol. The second-order valence-electron chi connectivity index (χ2n) is 9.04. The first-order valence-corrected chi connectivity index (χ1v) is 12.3. The first kappa shape index (κ1) is 23.1. The van der Waals surface area contributed by atoms with Crippen molar-refractivity contribution in [1.29, 1.82) is 0 Å². The number of rotatable bonds is 7. The van der Waals surface area contributed by atoms with Crippen LogP contribution in [0.3, 0.4) is 0 Å². The van der Waals surface area contributed by atoms with Gasteiger partial charge in [0.2, 0.25) is 0 Å². The summed E-state index contributed by atoms with van der Waals surface area (Å²) in [7, 11) is 1.77. The predicted octanol–water partition coefficient (Wildman–Crippen LogP) is 4.32. The second kappa shape index (κ2) is 9.92. The minimum Gasteiger partial charge on any atom is -0.381 e. The fourth-order valence-corrected chi connectivity index (χ4v) is 4.78. The van der Waals surface area contributed by atoms with Crippen LogP contribution >= 0.6 is 0 Å². The van der Waals surface area contributed by atoms with Crippen LogP contribution in [-0.2, 0) is 11.3 Å². The summed E-state index contributed by atoms with van der Waals surface area (Å²) in [6.45, 7) is 4.63. The Bertz CT molecular complexity index is 1400. The number of aryl methyl sites for hydroxylation is 1. The molecule has 0 aliphatic carbocycles. The fraction of sp³-hybridized carbons (Fsp3) is 0.370. The third-order valence-corrected chi connectivity index (χ3v) is 6.81. The van der Waals surface area contributed by atoms with Crippen molar-refractivity contribution in [3.05, 3.63) is 70.8 Å².